The number of phosphoric acid groups is 1. The average molecular weight is 439 g/mol. The van der Waals surface area contributed by atoms with Crippen LogP contribution >= 0.6 is 7.82 Å². The lowest BCUT2D eigenvalue weighted by molar-refractivity contribution is -0.272. The smallest absolute Gasteiger partial charge is 0.343 e. The molecule has 0 radical (unpaired) electrons. The Labute approximate surface area is 171 Å². The first-order valence-corrected chi connectivity index (χ1v) is 11.3. The molecule has 10 nitrogen and oxygen atoms in total. The monoisotopic (exact) mass is 439 g/mol. The van der Waals surface area contributed by atoms with Gasteiger partial charge in [-0.05, 0) is 41.5 Å². The lowest BCUT2D eigenvalue weighted by atomic mass is 10.1. The first-order valence-electron chi connectivity index (χ1n) is 9.87. The minimum atomic E-state index is -5.12. The van der Waals surface area contributed by atoms with Gasteiger partial charge in [0.05, 0.1) is 30.5 Å². The number of hydrogen-bond donors (Lipinski definition) is 1. The molecule has 0 aromatic rings. The van der Waals surface area contributed by atoms with E-state index < -0.39 is 44.0 Å². The summed E-state index contributed by atoms with van der Waals surface area (Å²) < 4.78 is 43.8. The summed E-state index contributed by atoms with van der Waals surface area (Å²) >= 11 is 0. The van der Waals surface area contributed by atoms with Crippen LogP contribution < -0.4 is 4.89 Å². The highest BCUT2D eigenvalue weighted by atomic mass is 31.2. The summed E-state index contributed by atoms with van der Waals surface area (Å²) in [4.78, 5) is 24.8. The molecule has 11 heteroatoms. The molecule has 0 aliphatic carbocycles. The molecule has 29 heavy (non-hydrogen) atoms. The Kier molecular flexibility index (Phi) is 8.26. The third kappa shape index (κ3) is 6.97. The number of phosphoric ester groups is 1. The van der Waals surface area contributed by atoms with Crippen LogP contribution in [0.5, 0.6) is 0 Å². The lowest BCUT2D eigenvalue weighted by Gasteiger charge is -2.33. The molecule has 2 aliphatic rings. The quantitative estimate of drug-likeness (QED) is 0.524. The molecule has 2 heterocycles. The fraction of sp³-hybridized carbons (Fsp3) is 0.944. The maximum absolute atomic E-state index is 12.4. The van der Waals surface area contributed by atoms with E-state index in [0.29, 0.717) is 6.42 Å². The average Bonchev–Trinajstić information content (AvgIpc) is 3.03. The molecule has 0 spiro atoms. The van der Waals surface area contributed by atoms with Crippen LogP contribution in [-0.2, 0) is 37.4 Å². The maximum atomic E-state index is 12.4. The zero-order valence-corrected chi connectivity index (χ0v) is 18.6. The summed E-state index contributed by atoms with van der Waals surface area (Å²) in [5, 5.41) is 10.6. The second-order valence-electron chi connectivity index (χ2n) is 8.15. The van der Waals surface area contributed by atoms with Crippen molar-refractivity contribution in [3.05, 3.63) is 0 Å². The van der Waals surface area contributed by atoms with Crippen LogP contribution in [0.25, 0.3) is 0 Å². The normalized spacial score (nSPS) is 37.2. The topological polar surface area (TPSA) is 133 Å². The van der Waals surface area contributed by atoms with E-state index in [-0.39, 0.29) is 31.3 Å². The minimum Gasteiger partial charge on any atom is -0.746 e. The molecule has 0 bridgehead atoms. The Hall–Kier alpha value is -0.580. The van der Waals surface area contributed by atoms with Gasteiger partial charge in [0.1, 0.15) is 12.7 Å². The third-order valence-corrected chi connectivity index (χ3v) is 5.41. The second-order valence-corrected chi connectivity index (χ2v) is 9.43. The van der Waals surface area contributed by atoms with Crippen molar-refractivity contribution in [1.29, 1.82) is 0 Å². The number of aliphatic hydroxyl groups is 1. The molecular weight excluding hydrogens is 407 g/mol. The highest BCUT2D eigenvalue weighted by molar-refractivity contribution is 7.46. The van der Waals surface area contributed by atoms with Gasteiger partial charge >= 0.3 is 13.8 Å². The Morgan fingerprint density at radius 3 is 2.45 bits per heavy atom. The summed E-state index contributed by atoms with van der Waals surface area (Å²) in [5.74, 6) is -3.09. The molecule has 3 unspecified atom stereocenters. The van der Waals surface area contributed by atoms with Gasteiger partial charge in [0.15, 0.2) is 6.10 Å². The molecule has 0 amide bonds. The van der Waals surface area contributed by atoms with E-state index in [4.69, 9.17) is 23.5 Å². The van der Waals surface area contributed by atoms with Gasteiger partial charge in [0.2, 0.25) is 5.79 Å². The molecule has 0 saturated carbocycles. The van der Waals surface area contributed by atoms with Gasteiger partial charge in [-0.3, -0.25) is 4.57 Å². The van der Waals surface area contributed by atoms with E-state index >= 15 is 0 Å². The van der Waals surface area contributed by atoms with Crippen LogP contribution in [0.4, 0.5) is 0 Å². The van der Waals surface area contributed by atoms with Gasteiger partial charge in [-0.2, -0.15) is 0 Å². The fourth-order valence-electron chi connectivity index (χ4n) is 3.36. The van der Waals surface area contributed by atoms with Gasteiger partial charge in [-0.1, -0.05) is 0 Å². The summed E-state index contributed by atoms with van der Waals surface area (Å²) in [6.07, 6.45) is -3.71. The van der Waals surface area contributed by atoms with Crippen LogP contribution in [-0.4, -0.2) is 66.2 Å². The van der Waals surface area contributed by atoms with Crippen molar-refractivity contribution < 1.29 is 47.4 Å². The van der Waals surface area contributed by atoms with Gasteiger partial charge in [-0.15, -0.1) is 0 Å². The van der Waals surface area contributed by atoms with Crippen LogP contribution in [0.15, 0.2) is 0 Å². The Morgan fingerprint density at radius 2 is 1.86 bits per heavy atom. The van der Waals surface area contributed by atoms with E-state index in [2.05, 4.69) is 4.52 Å². The van der Waals surface area contributed by atoms with E-state index in [1.807, 2.05) is 0 Å². The Balaban J connectivity index is 2.02. The molecule has 2 saturated heterocycles. The fourth-order valence-corrected chi connectivity index (χ4v) is 4.29. The molecule has 170 valence electrons. The van der Waals surface area contributed by atoms with Crippen molar-refractivity contribution in [2.45, 2.75) is 103 Å². The number of rotatable bonds is 9. The van der Waals surface area contributed by atoms with Gasteiger partial charge < -0.3 is 38.0 Å². The lowest BCUT2D eigenvalue weighted by Crippen LogP contribution is -2.46. The zero-order valence-electron chi connectivity index (χ0n) is 17.7. The Morgan fingerprint density at radius 1 is 1.21 bits per heavy atom. The van der Waals surface area contributed by atoms with Gasteiger partial charge in [0, 0.05) is 12.8 Å². The van der Waals surface area contributed by atoms with Crippen LogP contribution in [0.1, 0.15) is 54.4 Å². The van der Waals surface area contributed by atoms with Crippen LogP contribution in [0.2, 0.25) is 0 Å². The zero-order chi connectivity index (χ0) is 22.0. The van der Waals surface area contributed by atoms with Gasteiger partial charge in [0.25, 0.3) is 0 Å². The summed E-state index contributed by atoms with van der Waals surface area (Å²) in [6, 6.07) is 0. The number of ether oxygens (including phenoxy) is 4. The molecule has 7 atom stereocenters. The predicted octanol–water partition coefficient (Wildman–Crippen LogP) is 1.28. The van der Waals surface area contributed by atoms with E-state index in [9.17, 15) is 19.4 Å². The van der Waals surface area contributed by atoms with Crippen molar-refractivity contribution in [3.8, 4) is 0 Å². The molecule has 0 aromatic carbocycles. The minimum absolute atomic E-state index is 0.0811. The van der Waals surface area contributed by atoms with Crippen molar-refractivity contribution >= 4 is 13.8 Å². The highest BCUT2D eigenvalue weighted by Crippen LogP contribution is 2.46. The summed E-state index contributed by atoms with van der Waals surface area (Å²) in [5.41, 5.74) is 0. The summed E-state index contributed by atoms with van der Waals surface area (Å²) in [7, 11) is -5.12. The largest absolute Gasteiger partial charge is 0.746 e. The second kappa shape index (κ2) is 9.70. The molecule has 0 aromatic heterocycles. The van der Waals surface area contributed by atoms with E-state index in [0.717, 1.165) is 0 Å². The number of carbonyl (C=O) groups is 1. The first-order chi connectivity index (χ1) is 13.3. The molecule has 2 aliphatic heterocycles. The highest BCUT2D eigenvalue weighted by Gasteiger charge is 2.50. The first kappa shape index (κ1) is 24.7. The van der Waals surface area contributed by atoms with Crippen LogP contribution in [0, 0.1) is 0 Å². The molecule has 1 N–H and O–H groups in total. The van der Waals surface area contributed by atoms with Crippen molar-refractivity contribution in [2.75, 3.05) is 6.61 Å². The van der Waals surface area contributed by atoms with Crippen molar-refractivity contribution in [2.24, 2.45) is 0 Å². The number of carbonyl (C=O) groups excluding carboxylic acids is 1. The molecular formula is C18H32O10P-. The maximum Gasteiger partial charge on any atom is 0.343 e. The van der Waals surface area contributed by atoms with Crippen LogP contribution in [0.3, 0.4) is 0 Å². The predicted molar refractivity (Wildman–Crippen MR) is 98.7 cm³/mol. The standard InChI is InChI=1S/C18H33O10P/c1-10(2)23-9-18(20)15(8-13(6)26-18)27-29(21,22)28-17(19)16-14(24-11(3)4)7-12(5)25-16/h10-16,20H,7-9H2,1-6H3,(H,21,22)/p-1/t12-,13-,14?,15?,16-,18+/m0/s1. The van der Waals surface area contributed by atoms with Crippen molar-refractivity contribution in [3.63, 3.8) is 0 Å². The third-order valence-electron chi connectivity index (χ3n) is 4.50. The Bertz CT molecular complexity index is 611. The van der Waals surface area contributed by atoms with Gasteiger partial charge in [-0.25, -0.2) is 4.79 Å². The van der Waals surface area contributed by atoms with Crippen molar-refractivity contribution in [1.82, 2.24) is 0 Å². The SMILES string of the molecule is CC(C)OC[C@@]1(O)O[C@@H](C)CC1OP(=O)([O-])OC(=O)[C@H]1O[C@@H](C)CC1OC(C)C. The van der Waals surface area contributed by atoms with E-state index in [1.54, 1.807) is 41.5 Å². The molecule has 2 fully saturated rings. The molecule has 2 rings (SSSR count). The van der Waals surface area contributed by atoms with E-state index in [1.165, 1.54) is 0 Å². The summed E-state index contributed by atoms with van der Waals surface area (Å²) in [6.45, 7) is 10.2. The number of hydrogen-bond acceptors (Lipinski definition) is 10.